The molecule has 0 saturated carbocycles. The molecule has 1 unspecified atom stereocenters. The van der Waals surface area contributed by atoms with Crippen LogP contribution < -0.4 is 5.69 Å². The van der Waals surface area contributed by atoms with E-state index < -0.39 is 10.0 Å². The number of nitrogens with zero attached hydrogens (tertiary/aromatic N) is 1. The standard InChI is InChI=1S/C18H18FN3O3S/c19-13-5-3-12(4-6-13)10-14-2-1-9-22(14)26(24,25)15-7-8-16-17(11-15)21-18(23)20-16/h3-8,11,14H,1-2,9-10H2,(H2,20,21,23). The number of benzene rings is 2. The third kappa shape index (κ3) is 3.06. The summed E-state index contributed by atoms with van der Waals surface area (Å²) in [4.78, 5) is 16.7. The summed E-state index contributed by atoms with van der Waals surface area (Å²) in [5, 5.41) is 0. The molecule has 0 spiro atoms. The van der Waals surface area contributed by atoms with Gasteiger partial charge in [-0.05, 0) is 55.2 Å². The molecule has 1 atom stereocenters. The van der Waals surface area contributed by atoms with Crippen LogP contribution in [0, 0.1) is 5.82 Å². The molecule has 136 valence electrons. The third-order valence-electron chi connectivity index (χ3n) is 4.80. The number of aromatic nitrogens is 2. The van der Waals surface area contributed by atoms with Crippen molar-refractivity contribution in [2.24, 2.45) is 0 Å². The van der Waals surface area contributed by atoms with E-state index in [1.165, 1.54) is 28.6 Å². The molecule has 1 aromatic heterocycles. The Balaban J connectivity index is 1.64. The van der Waals surface area contributed by atoms with Crippen LogP contribution in [0.4, 0.5) is 4.39 Å². The molecule has 0 amide bonds. The summed E-state index contributed by atoms with van der Waals surface area (Å²) in [7, 11) is -3.68. The number of hydrogen-bond donors (Lipinski definition) is 2. The van der Waals surface area contributed by atoms with Crippen molar-refractivity contribution in [2.45, 2.75) is 30.2 Å². The van der Waals surface area contributed by atoms with Crippen molar-refractivity contribution >= 4 is 21.1 Å². The Labute approximate surface area is 149 Å². The minimum Gasteiger partial charge on any atom is -0.306 e. The van der Waals surface area contributed by atoms with Gasteiger partial charge >= 0.3 is 5.69 Å². The number of nitrogens with one attached hydrogen (secondary N) is 2. The molecule has 2 N–H and O–H groups in total. The van der Waals surface area contributed by atoms with Gasteiger partial charge in [0.1, 0.15) is 5.82 Å². The van der Waals surface area contributed by atoms with Gasteiger partial charge in [-0.2, -0.15) is 4.31 Å². The molecule has 1 fully saturated rings. The molecule has 6 nitrogen and oxygen atoms in total. The molecule has 2 heterocycles. The number of fused-ring (bicyclic) bond motifs is 1. The van der Waals surface area contributed by atoms with E-state index in [2.05, 4.69) is 9.97 Å². The molecule has 1 saturated heterocycles. The predicted octanol–water partition coefficient (Wildman–Crippen LogP) is 2.39. The molecule has 0 radical (unpaired) electrons. The lowest BCUT2D eigenvalue weighted by molar-refractivity contribution is 0.385. The lowest BCUT2D eigenvalue weighted by Gasteiger charge is -2.24. The Morgan fingerprint density at radius 3 is 2.58 bits per heavy atom. The smallest absolute Gasteiger partial charge is 0.306 e. The molecule has 1 aliphatic rings. The van der Waals surface area contributed by atoms with Gasteiger partial charge in [-0.1, -0.05) is 12.1 Å². The van der Waals surface area contributed by atoms with E-state index in [1.54, 1.807) is 18.2 Å². The van der Waals surface area contributed by atoms with Crippen molar-refractivity contribution < 1.29 is 12.8 Å². The maximum atomic E-state index is 13.1. The highest BCUT2D eigenvalue weighted by molar-refractivity contribution is 7.89. The van der Waals surface area contributed by atoms with Crippen LogP contribution in [0.3, 0.4) is 0 Å². The first-order chi connectivity index (χ1) is 12.4. The summed E-state index contributed by atoms with van der Waals surface area (Å²) in [6, 6.07) is 10.6. The fourth-order valence-corrected chi connectivity index (χ4v) is 5.25. The summed E-state index contributed by atoms with van der Waals surface area (Å²) in [6.07, 6.45) is 2.09. The lowest BCUT2D eigenvalue weighted by atomic mass is 10.0. The normalized spacial score (nSPS) is 18.6. The molecule has 0 bridgehead atoms. The van der Waals surface area contributed by atoms with E-state index in [-0.39, 0.29) is 22.4 Å². The van der Waals surface area contributed by atoms with Crippen LogP contribution in [0.2, 0.25) is 0 Å². The molecule has 4 rings (SSSR count). The fraction of sp³-hybridized carbons (Fsp3) is 0.278. The lowest BCUT2D eigenvalue weighted by Crippen LogP contribution is -2.36. The zero-order chi connectivity index (χ0) is 18.3. The van der Waals surface area contributed by atoms with Crippen LogP contribution in [-0.4, -0.2) is 35.3 Å². The fourth-order valence-electron chi connectivity index (χ4n) is 3.53. The first-order valence-corrected chi connectivity index (χ1v) is 9.86. The van der Waals surface area contributed by atoms with Gasteiger partial charge in [0.15, 0.2) is 0 Å². The predicted molar refractivity (Wildman–Crippen MR) is 95.9 cm³/mol. The number of imidazole rings is 1. The second kappa shape index (κ2) is 6.37. The maximum Gasteiger partial charge on any atom is 0.323 e. The van der Waals surface area contributed by atoms with E-state index in [0.29, 0.717) is 24.0 Å². The Kier molecular flexibility index (Phi) is 4.16. The largest absolute Gasteiger partial charge is 0.323 e. The number of hydrogen-bond acceptors (Lipinski definition) is 3. The molecule has 1 aliphatic heterocycles. The Morgan fingerprint density at radius 1 is 1.08 bits per heavy atom. The molecule has 2 aromatic carbocycles. The van der Waals surface area contributed by atoms with Gasteiger partial charge < -0.3 is 9.97 Å². The van der Waals surface area contributed by atoms with E-state index in [9.17, 15) is 17.6 Å². The van der Waals surface area contributed by atoms with Gasteiger partial charge in [0.2, 0.25) is 10.0 Å². The Hall–Kier alpha value is -2.45. The average molecular weight is 375 g/mol. The van der Waals surface area contributed by atoms with Crippen LogP contribution >= 0.6 is 0 Å². The molecular weight excluding hydrogens is 357 g/mol. The minimum absolute atomic E-state index is 0.159. The van der Waals surface area contributed by atoms with Crippen LogP contribution in [0.25, 0.3) is 11.0 Å². The summed E-state index contributed by atoms with van der Waals surface area (Å²) >= 11 is 0. The van der Waals surface area contributed by atoms with E-state index in [0.717, 1.165) is 18.4 Å². The quantitative estimate of drug-likeness (QED) is 0.734. The zero-order valence-corrected chi connectivity index (χ0v) is 14.7. The maximum absolute atomic E-state index is 13.1. The number of H-pyrrole nitrogens is 2. The first kappa shape index (κ1) is 17.0. The van der Waals surface area contributed by atoms with Gasteiger partial charge in [0, 0.05) is 12.6 Å². The van der Waals surface area contributed by atoms with Crippen molar-refractivity contribution in [1.29, 1.82) is 0 Å². The molecule has 26 heavy (non-hydrogen) atoms. The van der Waals surface area contributed by atoms with Gasteiger partial charge in [0.25, 0.3) is 0 Å². The summed E-state index contributed by atoms with van der Waals surface area (Å²) in [5.41, 5.74) is 1.57. The molecule has 0 aliphatic carbocycles. The van der Waals surface area contributed by atoms with Crippen LogP contribution in [-0.2, 0) is 16.4 Å². The van der Waals surface area contributed by atoms with E-state index in [1.807, 2.05) is 0 Å². The average Bonchev–Trinajstić information content (AvgIpc) is 3.21. The highest BCUT2D eigenvalue weighted by Gasteiger charge is 2.35. The van der Waals surface area contributed by atoms with Crippen molar-refractivity contribution in [3.63, 3.8) is 0 Å². The van der Waals surface area contributed by atoms with Gasteiger partial charge in [-0.25, -0.2) is 17.6 Å². The number of halogens is 1. The summed E-state index contributed by atoms with van der Waals surface area (Å²) in [6.45, 7) is 0.454. The monoisotopic (exact) mass is 375 g/mol. The van der Waals surface area contributed by atoms with E-state index >= 15 is 0 Å². The number of rotatable bonds is 4. The zero-order valence-electron chi connectivity index (χ0n) is 13.9. The summed E-state index contributed by atoms with van der Waals surface area (Å²) < 4.78 is 40.8. The number of aromatic amines is 2. The third-order valence-corrected chi connectivity index (χ3v) is 6.75. The SMILES string of the molecule is O=c1[nH]c2ccc(S(=O)(=O)N3CCCC3Cc3ccc(F)cc3)cc2[nH]1. The van der Waals surface area contributed by atoms with Crippen LogP contribution in [0.1, 0.15) is 18.4 Å². The number of sulfonamides is 1. The van der Waals surface area contributed by atoms with Gasteiger partial charge in [-0.15, -0.1) is 0 Å². The first-order valence-electron chi connectivity index (χ1n) is 8.42. The van der Waals surface area contributed by atoms with Crippen molar-refractivity contribution in [2.75, 3.05) is 6.54 Å². The highest BCUT2D eigenvalue weighted by atomic mass is 32.2. The molecule has 3 aromatic rings. The Morgan fingerprint density at radius 2 is 1.81 bits per heavy atom. The van der Waals surface area contributed by atoms with Gasteiger partial charge in [-0.3, -0.25) is 0 Å². The van der Waals surface area contributed by atoms with Crippen molar-refractivity contribution in [3.8, 4) is 0 Å². The molecular formula is C18H18FN3O3S. The van der Waals surface area contributed by atoms with Crippen molar-refractivity contribution in [1.82, 2.24) is 14.3 Å². The highest BCUT2D eigenvalue weighted by Crippen LogP contribution is 2.29. The Bertz CT molecular complexity index is 1100. The van der Waals surface area contributed by atoms with Gasteiger partial charge in [0.05, 0.1) is 15.9 Å². The molecule has 8 heteroatoms. The topological polar surface area (TPSA) is 86.0 Å². The van der Waals surface area contributed by atoms with Crippen LogP contribution in [0.5, 0.6) is 0 Å². The second-order valence-corrected chi connectivity index (χ2v) is 8.42. The van der Waals surface area contributed by atoms with Crippen LogP contribution in [0.15, 0.2) is 52.2 Å². The van der Waals surface area contributed by atoms with E-state index in [4.69, 9.17) is 0 Å². The summed E-state index contributed by atoms with van der Waals surface area (Å²) in [5.74, 6) is -0.307. The minimum atomic E-state index is -3.68. The van der Waals surface area contributed by atoms with Crippen molar-refractivity contribution in [3.05, 3.63) is 64.3 Å². The second-order valence-electron chi connectivity index (χ2n) is 6.53.